The first-order valence-electron chi connectivity index (χ1n) is 8.03. The lowest BCUT2D eigenvalue weighted by atomic mass is 9.81. The molecule has 1 saturated heterocycles. The van der Waals surface area contributed by atoms with E-state index in [4.69, 9.17) is 9.31 Å². The minimum Gasteiger partial charge on any atom is -0.403 e. The molecule has 2 nitrogen and oxygen atoms in total. The molecular formula is C17H28BFO2Si. The molecule has 1 atom stereocenters. The Morgan fingerprint density at radius 3 is 1.86 bits per heavy atom. The molecule has 0 spiro atoms. The monoisotopic (exact) mass is 322 g/mol. The Balaban J connectivity index is 2.21. The average Bonchev–Trinajstić information content (AvgIpc) is 2.55. The molecule has 0 N–H and O–H groups in total. The zero-order valence-corrected chi connectivity index (χ0v) is 15.9. The SMILES string of the molecule is CC1(C)OB(CC(c2ccc(F)cc2)[Si](C)(C)C)OC1(C)C. The Morgan fingerprint density at radius 2 is 1.45 bits per heavy atom. The highest BCUT2D eigenvalue weighted by molar-refractivity contribution is 6.78. The number of halogens is 1. The van der Waals surface area contributed by atoms with Gasteiger partial charge in [-0.3, -0.25) is 0 Å². The third-order valence-electron chi connectivity index (χ3n) is 5.05. The number of rotatable bonds is 4. The second kappa shape index (κ2) is 5.77. The second-order valence-corrected chi connectivity index (χ2v) is 13.8. The second-order valence-electron chi connectivity index (χ2n) is 8.39. The van der Waals surface area contributed by atoms with Gasteiger partial charge in [-0.25, -0.2) is 4.39 Å². The van der Waals surface area contributed by atoms with Crippen molar-refractivity contribution in [2.24, 2.45) is 0 Å². The van der Waals surface area contributed by atoms with Gasteiger partial charge in [0.15, 0.2) is 0 Å². The van der Waals surface area contributed by atoms with Gasteiger partial charge in [-0.1, -0.05) is 31.8 Å². The molecule has 5 heteroatoms. The summed E-state index contributed by atoms with van der Waals surface area (Å²) in [5.41, 5.74) is 0.965. The first kappa shape index (κ1) is 17.7. The zero-order valence-electron chi connectivity index (χ0n) is 14.9. The molecule has 0 amide bonds. The van der Waals surface area contributed by atoms with Crippen LogP contribution in [0.15, 0.2) is 24.3 Å². The lowest BCUT2D eigenvalue weighted by molar-refractivity contribution is 0.00578. The van der Waals surface area contributed by atoms with E-state index in [1.54, 1.807) is 12.1 Å². The number of benzene rings is 1. The fourth-order valence-electron chi connectivity index (χ4n) is 2.94. The van der Waals surface area contributed by atoms with Gasteiger partial charge in [0.25, 0.3) is 0 Å². The number of hydrogen-bond donors (Lipinski definition) is 0. The van der Waals surface area contributed by atoms with Gasteiger partial charge in [0.05, 0.1) is 19.3 Å². The van der Waals surface area contributed by atoms with Gasteiger partial charge in [0, 0.05) is 0 Å². The third-order valence-corrected chi connectivity index (χ3v) is 7.71. The fraction of sp³-hybridized carbons (Fsp3) is 0.647. The minimum atomic E-state index is -1.49. The summed E-state index contributed by atoms with van der Waals surface area (Å²) in [6, 6.07) is 6.91. The summed E-state index contributed by atoms with van der Waals surface area (Å²) < 4.78 is 25.5. The van der Waals surface area contributed by atoms with E-state index in [0.717, 1.165) is 6.32 Å². The van der Waals surface area contributed by atoms with Crippen molar-refractivity contribution in [1.82, 2.24) is 0 Å². The lowest BCUT2D eigenvalue weighted by Crippen LogP contribution is -2.41. The maximum atomic E-state index is 13.2. The van der Waals surface area contributed by atoms with Gasteiger partial charge >= 0.3 is 7.12 Å². The van der Waals surface area contributed by atoms with Crippen LogP contribution in [-0.4, -0.2) is 26.4 Å². The van der Waals surface area contributed by atoms with Crippen LogP contribution in [0.1, 0.15) is 38.8 Å². The normalized spacial score (nSPS) is 21.9. The summed E-state index contributed by atoms with van der Waals surface area (Å²) in [5.74, 6) is -0.186. The molecule has 1 aromatic carbocycles. The average molecular weight is 322 g/mol. The topological polar surface area (TPSA) is 18.5 Å². The van der Waals surface area contributed by atoms with E-state index in [1.165, 1.54) is 5.56 Å². The van der Waals surface area contributed by atoms with Crippen LogP contribution >= 0.6 is 0 Å². The Labute approximate surface area is 135 Å². The Morgan fingerprint density at radius 1 is 1.00 bits per heavy atom. The van der Waals surface area contributed by atoms with Crippen LogP contribution in [0.5, 0.6) is 0 Å². The van der Waals surface area contributed by atoms with Gasteiger partial charge in [-0.05, 0) is 57.3 Å². The molecular weight excluding hydrogens is 294 g/mol. The van der Waals surface area contributed by atoms with Gasteiger partial charge in [0.2, 0.25) is 0 Å². The molecule has 0 saturated carbocycles. The largest absolute Gasteiger partial charge is 0.458 e. The van der Waals surface area contributed by atoms with Crippen molar-refractivity contribution in [2.45, 2.75) is 70.4 Å². The maximum Gasteiger partial charge on any atom is 0.458 e. The summed E-state index contributed by atoms with van der Waals surface area (Å²) in [7, 11) is -1.69. The lowest BCUT2D eigenvalue weighted by Gasteiger charge is -2.32. The van der Waals surface area contributed by atoms with E-state index in [0.29, 0.717) is 5.54 Å². The molecule has 2 rings (SSSR count). The maximum absolute atomic E-state index is 13.2. The van der Waals surface area contributed by atoms with Crippen LogP contribution in [0.4, 0.5) is 4.39 Å². The Hall–Kier alpha value is -0.648. The highest BCUT2D eigenvalue weighted by atomic mass is 28.3. The van der Waals surface area contributed by atoms with Gasteiger partial charge in [0.1, 0.15) is 5.82 Å². The van der Waals surface area contributed by atoms with Crippen LogP contribution in [0, 0.1) is 5.82 Å². The van der Waals surface area contributed by atoms with Crippen molar-refractivity contribution in [3.63, 3.8) is 0 Å². The first-order chi connectivity index (χ1) is 9.92. The quantitative estimate of drug-likeness (QED) is 0.736. The molecule has 0 bridgehead atoms. The van der Waals surface area contributed by atoms with Crippen molar-refractivity contribution < 1.29 is 13.7 Å². The molecule has 1 unspecified atom stereocenters. The van der Waals surface area contributed by atoms with Crippen molar-refractivity contribution in [2.75, 3.05) is 0 Å². The van der Waals surface area contributed by atoms with Crippen molar-refractivity contribution in [3.8, 4) is 0 Å². The predicted molar refractivity (Wildman–Crippen MR) is 93.4 cm³/mol. The summed E-state index contributed by atoms with van der Waals surface area (Å²) >= 11 is 0. The molecule has 22 heavy (non-hydrogen) atoms. The zero-order chi connectivity index (χ0) is 16.8. The summed E-state index contributed by atoms with van der Waals surface area (Å²) in [6.07, 6.45) is 0.828. The van der Waals surface area contributed by atoms with Crippen LogP contribution in [0.3, 0.4) is 0 Å². The van der Waals surface area contributed by atoms with E-state index in [-0.39, 0.29) is 24.1 Å². The van der Waals surface area contributed by atoms with Crippen molar-refractivity contribution in [3.05, 3.63) is 35.6 Å². The van der Waals surface area contributed by atoms with E-state index in [9.17, 15) is 4.39 Å². The fourth-order valence-corrected chi connectivity index (χ4v) is 5.03. The molecule has 0 radical (unpaired) electrons. The minimum absolute atomic E-state index is 0.186. The molecule has 122 valence electrons. The third kappa shape index (κ3) is 3.63. The van der Waals surface area contributed by atoms with Crippen LogP contribution < -0.4 is 0 Å². The van der Waals surface area contributed by atoms with Crippen molar-refractivity contribution in [1.29, 1.82) is 0 Å². The number of hydrogen-bond acceptors (Lipinski definition) is 2. The summed E-state index contributed by atoms with van der Waals surface area (Å²) in [5, 5.41) is 0. The summed E-state index contributed by atoms with van der Waals surface area (Å²) in [6.45, 7) is 15.3. The Kier molecular flexibility index (Phi) is 4.64. The smallest absolute Gasteiger partial charge is 0.403 e. The molecule has 0 aliphatic carbocycles. The van der Waals surface area contributed by atoms with E-state index in [1.807, 2.05) is 12.1 Å². The highest BCUT2D eigenvalue weighted by Crippen LogP contribution is 2.41. The Bertz CT molecular complexity index is 506. The van der Waals surface area contributed by atoms with Crippen LogP contribution in [0.2, 0.25) is 26.0 Å². The van der Waals surface area contributed by atoms with Crippen molar-refractivity contribution >= 4 is 15.2 Å². The van der Waals surface area contributed by atoms with E-state index < -0.39 is 8.07 Å². The molecule has 1 aromatic rings. The molecule has 1 fully saturated rings. The first-order valence-corrected chi connectivity index (χ1v) is 11.6. The van der Waals surface area contributed by atoms with Gasteiger partial charge < -0.3 is 9.31 Å². The molecule has 0 aromatic heterocycles. The van der Waals surface area contributed by atoms with Crippen LogP contribution in [-0.2, 0) is 9.31 Å². The molecule has 1 aliphatic rings. The molecule has 1 heterocycles. The summed E-state index contributed by atoms with van der Waals surface area (Å²) in [4.78, 5) is 0. The van der Waals surface area contributed by atoms with E-state index in [2.05, 4.69) is 47.3 Å². The van der Waals surface area contributed by atoms with Gasteiger partial charge in [-0.15, -0.1) is 0 Å². The van der Waals surface area contributed by atoms with E-state index >= 15 is 0 Å². The highest BCUT2D eigenvalue weighted by Gasteiger charge is 2.52. The molecule has 1 aliphatic heterocycles. The standard InChI is InChI=1S/C17H28BFO2Si/c1-16(2)17(3,4)21-18(20-16)12-15(22(5,6)7)13-8-10-14(19)11-9-13/h8-11,15H,12H2,1-7H3. The van der Waals surface area contributed by atoms with Crippen LogP contribution in [0.25, 0.3) is 0 Å². The van der Waals surface area contributed by atoms with Gasteiger partial charge in [-0.2, -0.15) is 0 Å². The predicted octanol–water partition coefficient (Wildman–Crippen LogP) is 4.88.